The molecule has 0 radical (unpaired) electrons. The Morgan fingerprint density at radius 1 is 1.69 bits per heavy atom. The van der Waals surface area contributed by atoms with Gasteiger partial charge < -0.3 is 15.2 Å². The van der Waals surface area contributed by atoms with Crippen LogP contribution >= 0.6 is 11.6 Å². The minimum atomic E-state index is -0.0353. The predicted molar refractivity (Wildman–Crippen MR) is 63.9 cm³/mol. The summed E-state index contributed by atoms with van der Waals surface area (Å²) in [5.74, 6) is -0.0353. The number of amides is 1. The Morgan fingerprint density at radius 2 is 2.44 bits per heavy atom. The second-order valence-electron chi connectivity index (χ2n) is 4.07. The summed E-state index contributed by atoms with van der Waals surface area (Å²) in [6.07, 6.45) is 2.79. The number of carbonyl (C=O) groups excluding carboxylic acids is 1. The number of nitrogens with one attached hydrogen (secondary N) is 2. The van der Waals surface area contributed by atoms with Crippen LogP contribution in [-0.4, -0.2) is 29.6 Å². The fraction of sp³-hybridized carbons (Fsp3) is 0.545. The van der Waals surface area contributed by atoms with Gasteiger partial charge in [-0.1, -0.05) is 18.5 Å². The van der Waals surface area contributed by atoms with Crippen LogP contribution in [0.4, 0.5) is 0 Å². The van der Waals surface area contributed by atoms with Gasteiger partial charge in [0, 0.05) is 25.8 Å². The van der Waals surface area contributed by atoms with E-state index in [9.17, 15) is 4.79 Å². The maximum atomic E-state index is 11.9. The molecule has 0 aromatic carbocycles. The first-order valence-corrected chi connectivity index (χ1v) is 5.95. The number of aromatic nitrogens is 1. The van der Waals surface area contributed by atoms with Crippen molar-refractivity contribution in [2.75, 3.05) is 13.1 Å². The molecule has 0 spiro atoms. The lowest BCUT2D eigenvalue weighted by atomic mass is 10.2. The summed E-state index contributed by atoms with van der Waals surface area (Å²) in [6, 6.07) is 1.98. The lowest BCUT2D eigenvalue weighted by Crippen LogP contribution is -2.57. The summed E-state index contributed by atoms with van der Waals surface area (Å²) in [5, 5.41) is 6.70. The van der Waals surface area contributed by atoms with Gasteiger partial charge in [-0.3, -0.25) is 4.79 Å². The molecule has 1 fully saturated rings. The molecule has 2 N–H and O–H groups in total. The van der Waals surface area contributed by atoms with Crippen molar-refractivity contribution in [1.82, 2.24) is 15.2 Å². The Kier molecular flexibility index (Phi) is 3.51. The molecule has 2 rings (SSSR count). The average molecular weight is 242 g/mol. The van der Waals surface area contributed by atoms with E-state index in [0.717, 1.165) is 26.1 Å². The number of rotatable bonds is 4. The molecule has 1 amide bonds. The molecule has 0 unspecified atom stereocenters. The lowest BCUT2D eigenvalue weighted by Gasteiger charge is -2.28. The number of hydrogen-bond donors (Lipinski definition) is 2. The van der Waals surface area contributed by atoms with E-state index in [0.29, 0.717) is 10.7 Å². The van der Waals surface area contributed by atoms with Crippen molar-refractivity contribution >= 4 is 17.5 Å². The van der Waals surface area contributed by atoms with Gasteiger partial charge in [0.1, 0.15) is 5.69 Å². The average Bonchev–Trinajstić information content (AvgIpc) is 2.54. The van der Waals surface area contributed by atoms with E-state index in [1.165, 1.54) is 0 Å². The van der Waals surface area contributed by atoms with E-state index in [-0.39, 0.29) is 11.9 Å². The number of hydrogen-bond acceptors (Lipinski definition) is 2. The monoisotopic (exact) mass is 241 g/mol. The third kappa shape index (κ3) is 2.39. The highest BCUT2D eigenvalue weighted by Gasteiger charge is 2.21. The molecule has 0 atom stereocenters. The Bertz CT molecular complexity index is 385. The van der Waals surface area contributed by atoms with Gasteiger partial charge in [-0.05, 0) is 12.5 Å². The van der Waals surface area contributed by atoms with E-state index in [1.54, 1.807) is 12.3 Å². The minimum Gasteiger partial charge on any atom is -0.345 e. The number of carbonyl (C=O) groups is 1. The highest BCUT2D eigenvalue weighted by Crippen LogP contribution is 2.15. The summed E-state index contributed by atoms with van der Waals surface area (Å²) < 4.78 is 1.91. The topological polar surface area (TPSA) is 46.1 Å². The molecule has 1 aromatic rings. The Hall–Kier alpha value is -1.00. The van der Waals surface area contributed by atoms with E-state index in [1.807, 2.05) is 4.57 Å². The lowest BCUT2D eigenvalue weighted by molar-refractivity contribution is 0.0914. The highest BCUT2D eigenvalue weighted by atomic mass is 35.5. The number of halogens is 1. The van der Waals surface area contributed by atoms with E-state index >= 15 is 0 Å². The largest absolute Gasteiger partial charge is 0.345 e. The Balaban J connectivity index is 2.07. The summed E-state index contributed by atoms with van der Waals surface area (Å²) >= 11 is 5.92. The first-order valence-electron chi connectivity index (χ1n) is 5.58. The van der Waals surface area contributed by atoms with Crippen molar-refractivity contribution in [3.05, 3.63) is 23.0 Å². The van der Waals surface area contributed by atoms with Crippen LogP contribution in [0.15, 0.2) is 12.3 Å². The SMILES string of the molecule is CCCn1cc(Cl)cc1C(=O)NC1CNC1. The van der Waals surface area contributed by atoms with Gasteiger partial charge in [-0.15, -0.1) is 0 Å². The van der Waals surface area contributed by atoms with Crippen molar-refractivity contribution in [1.29, 1.82) is 0 Å². The fourth-order valence-electron chi connectivity index (χ4n) is 1.74. The molecule has 0 saturated carbocycles. The van der Waals surface area contributed by atoms with E-state index in [2.05, 4.69) is 17.6 Å². The third-order valence-corrected chi connectivity index (χ3v) is 2.88. The van der Waals surface area contributed by atoms with Crippen LogP contribution in [0.5, 0.6) is 0 Å². The van der Waals surface area contributed by atoms with Gasteiger partial charge in [-0.25, -0.2) is 0 Å². The van der Waals surface area contributed by atoms with Crippen molar-refractivity contribution < 1.29 is 4.79 Å². The predicted octanol–water partition coefficient (Wildman–Crippen LogP) is 1.25. The second-order valence-corrected chi connectivity index (χ2v) is 4.50. The summed E-state index contributed by atoms with van der Waals surface area (Å²) in [5.41, 5.74) is 0.652. The van der Waals surface area contributed by atoms with E-state index in [4.69, 9.17) is 11.6 Å². The molecule has 1 aliphatic rings. The van der Waals surface area contributed by atoms with Crippen LogP contribution in [0.3, 0.4) is 0 Å². The molecule has 4 nitrogen and oxygen atoms in total. The quantitative estimate of drug-likeness (QED) is 0.834. The molecular weight excluding hydrogens is 226 g/mol. The van der Waals surface area contributed by atoms with Crippen LogP contribution in [-0.2, 0) is 6.54 Å². The first-order chi connectivity index (χ1) is 7.70. The molecule has 88 valence electrons. The zero-order valence-corrected chi connectivity index (χ0v) is 10.0. The van der Waals surface area contributed by atoms with Crippen molar-refractivity contribution in [3.8, 4) is 0 Å². The zero-order chi connectivity index (χ0) is 11.5. The van der Waals surface area contributed by atoms with Gasteiger partial charge in [0.2, 0.25) is 0 Å². The zero-order valence-electron chi connectivity index (χ0n) is 9.29. The molecule has 0 bridgehead atoms. The van der Waals surface area contributed by atoms with Gasteiger partial charge in [0.15, 0.2) is 0 Å². The van der Waals surface area contributed by atoms with Crippen molar-refractivity contribution in [3.63, 3.8) is 0 Å². The van der Waals surface area contributed by atoms with E-state index < -0.39 is 0 Å². The summed E-state index contributed by atoms with van der Waals surface area (Å²) in [4.78, 5) is 11.9. The fourth-order valence-corrected chi connectivity index (χ4v) is 1.96. The van der Waals surface area contributed by atoms with Gasteiger partial charge in [0.05, 0.1) is 11.1 Å². The molecule has 1 aliphatic heterocycles. The van der Waals surface area contributed by atoms with Crippen LogP contribution in [0.2, 0.25) is 5.02 Å². The second kappa shape index (κ2) is 4.89. The maximum Gasteiger partial charge on any atom is 0.268 e. The van der Waals surface area contributed by atoms with Crippen molar-refractivity contribution in [2.45, 2.75) is 25.9 Å². The maximum absolute atomic E-state index is 11.9. The minimum absolute atomic E-state index is 0.0353. The molecule has 16 heavy (non-hydrogen) atoms. The van der Waals surface area contributed by atoms with Gasteiger partial charge in [0.25, 0.3) is 5.91 Å². The smallest absolute Gasteiger partial charge is 0.268 e. The molecule has 0 aliphatic carbocycles. The van der Waals surface area contributed by atoms with Gasteiger partial charge >= 0.3 is 0 Å². The molecular formula is C11H16ClN3O. The van der Waals surface area contributed by atoms with Crippen molar-refractivity contribution in [2.24, 2.45) is 0 Å². The van der Waals surface area contributed by atoms with Gasteiger partial charge in [-0.2, -0.15) is 0 Å². The Labute approximate surface area is 100.0 Å². The van der Waals surface area contributed by atoms with Crippen LogP contribution < -0.4 is 10.6 Å². The number of nitrogens with zero attached hydrogens (tertiary/aromatic N) is 1. The molecule has 5 heteroatoms. The summed E-state index contributed by atoms with van der Waals surface area (Å²) in [7, 11) is 0. The van der Waals surface area contributed by atoms with Crippen LogP contribution in [0.25, 0.3) is 0 Å². The molecule has 2 heterocycles. The first kappa shape index (κ1) is 11.5. The van der Waals surface area contributed by atoms with Crippen LogP contribution in [0, 0.1) is 0 Å². The molecule has 1 aromatic heterocycles. The third-order valence-electron chi connectivity index (χ3n) is 2.68. The summed E-state index contributed by atoms with van der Waals surface area (Å²) in [6.45, 7) is 4.60. The van der Waals surface area contributed by atoms with Crippen LogP contribution in [0.1, 0.15) is 23.8 Å². The number of aryl methyl sites for hydroxylation is 1. The molecule has 1 saturated heterocycles. The highest BCUT2D eigenvalue weighted by molar-refractivity contribution is 6.31. The standard InChI is InChI=1S/C11H16ClN3O/c1-2-3-15-7-8(12)4-10(15)11(16)14-9-5-13-6-9/h4,7,9,13H,2-3,5-6H2,1H3,(H,14,16). The normalized spacial score (nSPS) is 15.9. The Morgan fingerprint density at radius 3 is 3.00 bits per heavy atom.